The number of hydrogen-bond acceptors (Lipinski definition) is 2. The lowest BCUT2D eigenvalue weighted by atomic mass is 10.3. The van der Waals surface area contributed by atoms with Crippen LogP contribution in [0.3, 0.4) is 0 Å². The highest BCUT2D eigenvalue weighted by Crippen LogP contribution is 2.24. The molecule has 1 unspecified atom stereocenters. The first-order chi connectivity index (χ1) is 6.79. The van der Waals surface area contributed by atoms with Crippen molar-refractivity contribution in [3.8, 4) is 5.75 Å². The first-order valence-electron chi connectivity index (χ1n) is 4.69. The number of hydrogen-bond donors (Lipinski definition) is 0. The van der Waals surface area contributed by atoms with Gasteiger partial charge < -0.3 is 9.29 Å². The van der Waals surface area contributed by atoms with Crippen molar-refractivity contribution in [3.05, 3.63) is 31.2 Å². The van der Waals surface area contributed by atoms with Crippen molar-refractivity contribution in [2.45, 2.75) is 18.2 Å². The van der Waals surface area contributed by atoms with Gasteiger partial charge in [0.25, 0.3) is 0 Å². The second kappa shape index (κ2) is 5.94. The van der Waals surface area contributed by atoms with E-state index in [2.05, 4.69) is 6.92 Å². The largest absolute Gasteiger partial charge is 0.611 e. The van der Waals surface area contributed by atoms with Gasteiger partial charge >= 0.3 is 0 Å². The van der Waals surface area contributed by atoms with Gasteiger partial charge in [-0.15, -0.1) is 0 Å². The van der Waals surface area contributed by atoms with E-state index in [-0.39, 0.29) is 0 Å². The zero-order valence-corrected chi connectivity index (χ0v) is 9.18. The Hall–Kier alpha value is -0.670. The van der Waals surface area contributed by atoms with Gasteiger partial charge in [0, 0.05) is 0 Å². The van der Waals surface area contributed by atoms with E-state index in [1.807, 2.05) is 31.2 Å². The summed E-state index contributed by atoms with van der Waals surface area (Å²) in [5, 5.41) is 0. The Labute approximate surface area is 88.5 Å². The van der Waals surface area contributed by atoms with Crippen LogP contribution in [-0.4, -0.2) is 16.9 Å². The van der Waals surface area contributed by atoms with Crippen molar-refractivity contribution in [1.82, 2.24) is 0 Å². The molecule has 0 amide bonds. The molecular weight excluding hydrogens is 196 g/mol. The van der Waals surface area contributed by atoms with Crippen LogP contribution in [0, 0.1) is 6.92 Å². The lowest BCUT2D eigenvalue weighted by Crippen LogP contribution is -2.08. The number of para-hydroxylation sites is 1. The molecule has 14 heavy (non-hydrogen) atoms. The highest BCUT2D eigenvalue weighted by atomic mass is 32.2. The first kappa shape index (κ1) is 11.4. The van der Waals surface area contributed by atoms with Crippen molar-refractivity contribution in [3.63, 3.8) is 0 Å². The zero-order valence-electron chi connectivity index (χ0n) is 8.36. The predicted octanol–water partition coefficient (Wildman–Crippen LogP) is 2.42. The third-order valence-electron chi connectivity index (χ3n) is 1.72. The molecule has 2 nitrogen and oxygen atoms in total. The van der Waals surface area contributed by atoms with Crippen molar-refractivity contribution < 1.29 is 9.29 Å². The lowest BCUT2D eigenvalue weighted by Gasteiger charge is -2.13. The van der Waals surface area contributed by atoms with E-state index in [1.165, 1.54) is 0 Å². The molecule has 0 aliphatic rings. The van der Waals surface area contributed by atoms with Crippen molar-refractivity contribution >= 4 is 11.2 Å². The second-order valence-electron chi connectivity index (χ2n) is 2.78. The maximum absolute atomic E-state index is 11.7. The molecule has 0 aromatic heterocycles. The molecule has 0 aliphatic carbocycles. The molecule has 1 radical (unpaired) electrons. The molecule has 0 spiro atoms. The summed E-state index contributed by atoms with van der Waals surface area (Å²) in [4.78, 5) is 0.776. The predicted molar refractivity (Wildman–Crippen MR) is 58.9 cm³/mol. The van der Waals surface area contributed by atoms with Crippen molar-refractivity contribution in [1.29, 1.82) is 0 Å². The van der Waals surface area contributed by atoms with Gasteiger partial charge in [-0.1, -0.05) is 12.1 Å². The van der Waals surface area contributed by atoms with Crippen LogP contribution in [-0.2, 0) is 11.2 Å². The fourth-order valence-corrected chi connectivity index (χ4v) is 2.22. The van der Waals surface area contributed by atoms with Gasteiger partial charge in [0.05, 0.1) is 6.61 Å². The molecule has 1 aromatic rings. The van der Waals surface area contributed by atoms with Gasteiger partial charge in [0.2, 0.25) is 0 Å². The smallest absolute Gasteiger partial charge is 0.194 e. The fourth-order valence-electron chi connectivity index (χ4n) is 1.15. The monoisotopic (exact) mass is 211 g/mol. The Balaban J connectivity index is 2.82. The van der Waals surface area contributed by atoms with Crippen molar-refractivity contribution in [2.24, 2.45) is 0 Å². The van der Waals surface area contributed by atoms with Gasteiger partial charge in [0.15, 0.2) is 10.6 Å². The number of rotatable bonds is 5. The lowest BCUT2D eigenvalue weighted by molar-refractivity contribution is 0.331. The Kier molecular flexibility index (Phi) is 4.84. The minimum absolute atomic E-state index is 0.587. The molecule has 1 atom stereocenters. The van der Waals surface area contributed by atoms with E-state index in [9.17, 15) is 4.55 Å². The highest BCUT2D eigenvalue weighted by Gasteiger charge is 2.15. The highest BCUT2D eigenvalue weighted by molar-refractivity contribution is 7.91. The summed E-state index contributed by atoms with van der Waals surface area (Å²) in [6, 6.07) is 7.45. The van der Waals surface area contributed by atoms with Gasteiger partial charge in [-0.05, 0) is 43.6 Å². The normalized spacial score (nSPS) is 12.5. The van der Waals surface area contributed by atoms with E-state index in [0.29, 0.717) is 18.8 Å². The summed E-state index contributed by atoms with van der Waals surface area (Å²) in [5.41, 5.74) is 0. The third-order valence-corrected chi connectivity index (χ3v) is 3.21. The Morgan fingerprint density at radius 1 is 1.43 bits per heavy atom. The van der Waals surface area contributed by atoms with Gasteiger partial charge in [-0.2, -0.15) is 0 Å². The molecule has 3 heteroatoms. The van der Waals surface area contributed by atoms with E-state index in [1.54, 1.807) is 0 Å². The van der Waals surface area contributed by atoms with Gasteiger partial charge in [0.1, 0.15) is 5.75 Å². The summed E-state index contributed by atoms with van der Waals surface area (Å²) in [5.74, 6) is 1.31. The topological polar surface area (TPSA) is 32.3 Å². The Morgan fingerprint density at radius 2 is 2.14 bits per heavy atom. The second-order valence-corrected chi connectivity index (χ2v) is 4.32. The quantitative estimate of drug-likeness (QED) is 0.701. The summed E-state index contributed by atoms with van der Waals surface area (Å²) >= 11 is -0.984. The van der Waals surface area contributed by atoms with Crippen LogP contribution in [0.15, 0.2) is 29.2 Å². The van der Waals surface area contributed by atoms with Crippen LogP contribution in [0.4, 0.5) is 0 Å². The minimum atomic E-state index is -0.984. The minimum Gasteiger partial charge on any atom is -0.611 e. The summed E-state index contributed by atoms with van der Waals surface area (Å²) in [7, 11) is 0. The van der Waals surface area contributed by atoms with E-state index < -0.39 is 11.2 Å². The first-order valence-corrected chi connectivity index (χ1v) is 6.01. The van der Waals surface area contributed by atoms with Gasteiger partial charge in [-0.25, -0.2) is 0 Å². The van der Waals surface area contributed by atoms with Crippen LogP contribution < -0.4 is 4.74 Å². The van der Waals surface area contributed by atoms with E-state index in [4.69, 9.17) is 4.74 Å². The van der Waals surface area contributed by atoms with Crippen LogP contribution in [0.25, 0.3) is 0 Å². The molecule has 0 heterocycles. The van der Waals surface area contributed by atoms with E-state index >= 15 is 0 Å². The molecule has 1 rings (SSSR count). The number of benzene rings is 1. The van der Waals surface area contributed by atoms with Crippen LogP contribution in [0.2, 0.25) is 0 Å². The molecule has 1 aromatic carbocycles. The van der Waals surface area contributed by atoms with Gasteiger partial charge in [-0.3, -0.25) is 0 Å². The molecule has 77 valence electrons. The summed E-state index contributed by atoms with van der Waals surface area (Å²) < 4.78 is 17.1. The average Bonchev–Trinajstić information content (AvgIpc) is 2.19. The number of ether oxygens (including phenoxy) is 1. The summed E-state index contributed by atoms with van der Waals surface area (Å²) in [6.07, 6.45) is 0.674. The van der Waals surface area contributed by atoms with E-state index in [0.717, 1.165) is 10.6 Å². The summed E-state index contributed by atoms with van der Waals surface area (Å²) in [6.45, 7) is 6.21. The standard InChI is InChI=1S/C11H15O2S/c1-3-9-14(12)11-8-6-5-7-10(11)13-4-2/h5-8H,1,3-4,9H2,2H3. The molecular formula is C11H15O2S. The molecule has 0 fully saturated rings. The van der Waals surface area contributed by atoms with Crippen molar-refractivity contribution in [2.75, 3.05) is 12.4 Å². The molecule has 0 saturated carbocycles. The van der Waals surface area contributed by atoms with Crippen LogP contribution in [0.5, 0.6) is 5.75 Å². The maximum Gasteiger partial charge on any atom is 0.194 e. The van der Waals surface area contributed by atoms with Crippen LogP contribution in [0.1, 0.15) is 13.3 Å². The molecule has 0 saturated heterocycles. The molecule has 0 bridgehead atoms. The SMILES string of the molecule is [CH2]CC[S+]([O-])c1ccccc1OCC. The Morgan fingerprint density at radius 3 is 2.79 bits per heavy atom. The fraction of sp³-hybridized carbons (Fsp3) is 0.364. The molecule has 0 N–H and O–H groups in total. The maximum atomic E-state index is 11.7. The third kappa shape index (κ3) is 2.93. The zero-order chi connectivity index (χ0) is 10.4. The molecule has 0 aliphatic heterocycles. The average molecular weight is 211 g/mol. The Bertz CT molecular complexity index is 276. The van der Waals surface area contributed by atoms with Crippen LogP contribution >= 0.6 is 0 Å².